The molecule has 1 amide bonds. The Balaban J connectivity index is 2.23. The monoisotopic (exact) mass is 293 g/mol. The van der Waals surface area contributed by atoms with Crippen LogP contribution in [0, 0.1) is 0 Å². The molecule has 8 heteroatoms. The van der Waals surface area contributed by atoms with Crippen molar-refractivity contribution < 1.29 is 27.9 Å². The van der Waals surface area contributed by atoms with Gasteiger partial charge in [-0.15, -0.1) is 11.3 Å². The molecule has 0 spiro atoms. The van der Waals surface area contributed by atoms with E-state index in [0.717, 1.165) is 16.2 Å². The number of thiophene rings is 1. The van der Waals surface area contributed by atoms with E-state index in [9.17, 15) is 22.8 Å². The molecule has 0 aromatic carbocycles. The van der Waals surface area contributed by atoms with Gasteiger partial charge in [-0.1, -0.05) is 0 Å². The maximum atomic E-state index is 12.4. The van der Waals surface area contributed by atoms with Gasteiger partial charge in [-0.25, -0.2) is 4.79 Å². The molecule has 1 aliphatic rings. The van der Waals surface area contributed by atoms with Crippen LogP contribution in [0.4, 0.5) is 13.2 Å². The van der Waals surface area contributed by atoms with Gasteiger partial charge in [0, 0.05) is 11.4 Å². The lowest BCUT2D eigenvalue weighted by atomic mass is 10.2. The van der Waals surface area contributed by atoms with Crippen LogP contribution in [-0.4, -0.2) is 34.6 Å². The van der Waals surface area contributed by atoms with E-state index in [0.29, 0.717) is 17.7 Å². The highest BCUT2D eigenvalue weighted by molar-refractivity contribution is 7.14. The maximum Gasteiger partial charge on any atom is 0.471 e. The van der Waals surface area contributed by atoms with Crippen molar-refractivity contribution in [2.75, 3.05) is 6.54 Å². The fourth-order valence-electron chi connectivity index (χ4n) is 2.12. The minimum absolute atomic E-state index is 0.0450. The number of carboxylic acid groups (broad SMARTS) is 1. The van der Waals surface area contributed by atoms with Crippen molar-refractivity contribution in [3.8, 4) is 0 Å². The van der Waals surface area contributed by atoms with Crippen molar-refractivity contribution in [2.24, 2.45) is 0 Å². The molecule has 0 bridgehead atoms. The van der Waals surface area contributed by atoms with Crippen molar-refractivity contribution in [1.82, 2.24) is 4.90 Å². The van der Waals surface area contributed by atoms with E-state index in [2.05, 4.69) is 0 Å². The van der Waals surface area contributed by atoms with E-state index in [1.807, 2.05) is 0 Å². The van der Waals surface area contributed by atoms with Gasteiger partial charge < -0.3 is 10.0 Å². The summed E-state index contributed by atoms with van der Waals surface area (Å²) in [5.74, 6) is -2.98. The standard InChI is InChI=1S/C11H10F3NO3S/c12-11(13,14)10(18)15-5-1-2-6(15)7-3-4-8(19-7)9(16)17/h3-4,6H,1-2,5H2,(H,16,17). The minimum atomic E-state index is -4.89. The molecule has 1 aromatic rings. The molecule has 104 valence electrons. The van der Waals surface area contributed by atoms with Crippen molar-refractivity contribution in [2.45, 2.75) is 25.1 Å². The number of aromatic carboxylic acids is 1. The molecule has 1 aliphatic heterocycles. The third-order valence-electron chi connectivity index (χ3n) is 2.92. The fraction of sp³-hybridized carbons (Fsp3) is 0.455. The maximum absolute atomic E-state index is 12.4. The summed E-state index contributed by atoms with van der Waals surface area (Å²) in [5.41, 5.74) is 0. The summed E-state index contributed by atoms with van der Waals surface area (Å²) in [5, 5.41) is 8.80. The van der Waals surface area contributed by atoms with Crippen LogP contribution in [-0.2, 0) is 4.79 Å². The number of nitrogens with zero attached hydrogens (tertiary/aromatic N) is 1. The molecule has 1 unspecified atom stereocenters. The Morgan fingerprint density at radius 2 is 2.05 bits per heavy atom. The van der Waals surface area contributed by atoms with Gasteiger partial charge in [0.05, 0.1) is 6.04 Å². The molecule has 1 fully saturated rings. The zero-order valence-electron chi connectivity index (χ0n) is 9.61. The normalized spacial score (nSPS) is 19.7. The number of alkyl halides is 3. The molecule has 0 radical (unpaired) electrons. The first-order valence-electron chi connectivity index (χ1n) is 5.51. The fourth-order valence-corrected chi connectivity index (χ4v) is 3.11. The van der Waals surface area contributed by atoms with Crippen molar-refractivity contribution in [3.63, 3.8) is 0 Å². The van der Waals surface area contributed by atoms with Gasteiger partial charge in [0.1, 0.15) is 4.88 Å². The lowest BCUT2D eigenvalue weighted by Gasteiger charge is -2.24. The average Bonchev–Trinajstić information content (AvgIpc) is 2.95. The van der Waals surface area contributed by atoms with Gasteiger partial charge >= 0.3 is 18.1 Å². The van der Waals surface area contributed by atoms with Gasteiger partial charge in [0.25, 0.3) is 0 Å². The Labute approximate surface area is 110 Å². The second-order valence-electron chi connectivity index (χ2n) is 4.16. The van der Waals surface area contributed by atoms with Crippen molar-refractivity contribution >= 4 is 23.2 Å². The van der Waals surface area contributed by atoms with Crippen LogP contribution in [0.5, 0.6) is 0 Å². The minimum Gasteiger partial charge on any atom is -0.477 e. The Kier molecular flexibility index (Phi) is 3.53. The largest absolute Gasteiger partial charge is 0.477 e. The van der Waals surface area contributed by atoms with Crippen LogP contribution < -0.4 is 0 Å². The van der Waals surface area contributed by atoms with E-state index in [-0.39, 0.29) is 11.4 Å². The smallest absolute Gasteiger partial charge is 0.471 e. The second kappa shape index (κ2) is 4.84. The summed E-state index contributed by atoms with van der Waals surface area (Å²) < 4.78 is 37.3. The van der Waals surface area contributed by atoms with Crippen LogP contribution in [0.25, 0.3) is 0 Å². The average molecular weight is 293 g/mol. The predicted molar refractivity (Wildman–Crippen MR) is 61.0 cm³/mol. The number of carbonyl (C=O) groups excluding carboxylic acids is 1. The summed E-state index contributed by atoms with van der Waals surface area (Å²) in [6.45, 7) is 0.0450. The number of hydrogen-bond donors (Lipinski definition) is 1. The van der Waals surface area contributed by atoms with E-state index < -0.39 is 24.1 Å². The molecule has 1 aromatic heterocycles. The van der Waals surface area contributed by atoms with Gasteiger partial charge in [0.2, 0.25) is 0 Å². The first-order valence-corrected chi connectivity index (χ1v) is 6.33. The summed E-state index contributed by atoms with van der Waals surface area (Å²) in [7, 11) is 0. The number of hydrogen-bond acceptors (Lipinski definition) is 3. The predicted octanol–water partition coefficient (Wildman–Crippen LogP) is 2.67. The van der Waals surface area contributed by atoms with Crippen molar-refractivity contribution in [3.05, 3.63) is 21.9 Å². The van der Waals surface area contributed by atoms with Crippen LogP contribution in [0.1, 0.15) is 33.4 Å². The number of rotatable bonds is 2. The summed E-state index contributed by atoms with van der Waals surface area (Å²) >= 11 is 0.909. The van der Waals surface area contributed by atoms with Gasteiger partial charge in [-0.05, 0) is 25.0 Å². The molecule has 19 heavy (non-hydrogen) atoms. The topological polar surface area (TPSA) is 57.6 Å². The summed E-state index contributed by atoms with van der Waals surface area (Å²) in [4.78, 5) is 23.3. The van der Waals surface area contributed by atoms with Crippen LogP contribution >= 0.6 is 11.3 Å². The zero-order chi connectivity index (χ0) is 14.2. The Hall–Kier alpha value is -1.57. The number of likely N-dealkylation sites (tertiary alicyclic amines) is 1. The lowest BCUT2D eigenvalue weighted by molar-refractivity contribution is -0.186. The molecule has 1 saturated heterocycles. The van der Waals surface area contributed by atoms with E-state index in [4.69, 9.17) is 5.11 Å². The molecule has 4 nitrogen and oxygen atoms in total. The lowest BCUT2D eigenvalue weighted by Crippen LogP contribution is -2.40. The van der Waals surface area contributed by atoms with E-state index >= 15 is 0 Å². The first kappa shape index (κ1) is 13.9. The van der Waals surface area contributed by atoms with Gasteiger partial charge in [0.15, 0.2) is 0 Å². The molecular formula is C11H10F3NO3S. The number of halogens is 3. The van der Waals surface area contributed by atoms with E-state index in [1.54, 1.807) is 0 Å². The highest BCUT2D eigenvalue weighted by Crippen LogP contribution is 2.38. The Morgan fingerprint density at radius 3 is 2.58 bits per heavy atom. The molecule has 2 heterocycles. The summed E-state index contributed by atoms with van der Waals surface area (Å²) in [6.07, 6.45) is -4.00. The molecule has 1 N–H and O–H groups in total. The zero-order valence-corrected chi connectivity index (χ0v) is 10.4. The number of carboxylic acids is 1. The third-order valence-corrected chi connectivity index (χ3v) is 4.10. The van der Waals surface area contributed by atoms with Crippen LogP contribution in [0.2, 0.25) is 0 Å². The highest BCUT2D eigenvalue weighted by Gasteiger charge is 2.46. The van der Waals surface area contributed by atoms with Crippen LogP contribution in [0.3, 0.4) is 0 Å². The Bertz CT molecular complexity index is 512. The highest BCUT2D eigenvalue weighted by atomic mass is 32.1. The first-order chi connectivity index (χ1) is 8.80. The molecular weight excluding hydrogens is 283 g/mol. The third kappa shape index (κ3) is 2.73. The van der Waals surface area contributed by atoms with Crippen LogP contribution in [0.15, 0.2) is 12.1 Å². The number of carbonyl (C=O) groups is 2. The Morgan fingerprint density at radius 1 is 1.37 bits per heavy atom. The van der Waals surface area contributed by atoms with Crippen molar-refractivity contribution in [1.29, 1.82) is 0 Å². The van der Waals surface area contributed by atoms with Gasteiger partial charge in [-0.3, -0.25) is 4.79 Å². The molecule has 0 saturated carbocycles. The second-order valence-corrected chi connectivity index (χ2v) is 5.28. The molecule has 1 atom stereocenters. The van der Waals surface area contributed by atoms with E-state index in [1.165, 1.54) is 12.1 Å². The molecule has 0 aliphatic carbocycles. The quantitative estimate of drug-likeness (QED) is 0.912. The number of amides is 1. The van der Waals surface area contributed by atoms with Gasteiger partial charge in [-0.2, -0.15) is 13.2 Å². The summed E-state index contributed by atoms with van der Waals surface area (Å²) in [6, 6.07) is 2.14. The SMILES string of the molecule is O=C(O)c1ccc(C2CCCN2C(=O)C(F)(F)F)s1. The molecule has 2 rings (SSSR count).